The van der Waals surface area contributed by atoms with Crippen molar-refractivity contribution in [3.05, 3.63) is 11.7 Å². The van der Waals surface area contributed by atoms with Gasteiger partial charge >= 0.3 is 0 Å². The first-order valence-electron chi connectivity index (χ1n) is 6.41. The summed E-state index contributed by atoms with van der Waals surface area (Å²) in [5, 5.41) is 4.00. The zero-order valence-corrected chi connectivity index (χ0v) is 9.30. The maximum atomic E-state index is 5.49. The highest BCUT2D eigenvalue weighted by molar-refractivity contribution is 5.22. The molecular formula is C12H17N3O. The van der Waals surface area contributed by atoms with Crippen molar-refractivity contribution in [1.82, 2.24) is 10.1 Å². The third-order valence-corrected chi connectivity index (χ3v) is 4.87. The van der Waals surface area contributed by atoms with Gasteiger partial charge in [-0.3, -0.25) is 0 Å². The summed E-state index contributed by atoms with van der Waals surface area (Å²) in [6.45, 7) is 0.599. The molecule has 2 N–H and O–H groups in total. The Labute approximate surface area is 94.6 Å². The van der Waals surface area contributed by atoms with Gasteiger partial charge in [0.2, 0.25) is 5.89 Å². The normalized spacial score (nSPS) is 43.7. The number of hydrogen-bond donors (Lipinski definition) is 1. The molecule has 4 heteroatoms. The lowest BCUT2D eigenvalue weighted by Gasteiger charge is -2.04. The van der Waals surface area contributed by atoms with Crippen LogP contribution < -0.4 is 5.73 Å². The molecular weight excluding hydrogens is 202 g/mol. The Kier molecular flexibility index (Phi) is 1.76. The highest BCUT2D eigenvalue weighted by Gasteiger charge is 2.67. The van der Waals surface area contributed by atoms with Gasteiger partial charge in [-0.25, -0.2) is 0 Å². The second-order valence-electron chi connectivity index (χ2n) is 5.60. The van der Waals surface area contributed by atoms with Gasteiger partial charge in [-0.05, 0) is 49.5 Å². The molecule has 0 saturated heterocycles. The number of aromatic nitrogens is 2. The van der Waals surface area contributed by atoms with Gasteiger partial charge < -0.3 is 10.3 Å². The van der Waals surface area contributed by atoms with E-state index in [-0.39, 0.29) is 0 Å². The molecule has 1 heterocycles. The van der Waals surface area contributed by atoms with Crippen LogP contribution >= 0.6 is 0 Å². The molecule has 4 rings (SSSR count). The molecule has 0 amide bonds. The molecule has 0 aromatic carbocycles. The highest BCUT2D eigenvalue weighted by Crippen LogP contribution is 2.72. The van der Waals surface area contributed by atoms with Gasteiger partial charge in [0.25, 0.3) is 0 Å². The highest BCUT2D eigenvalue weighted by atomic mass is 16.5. The minimum atomic E-state index is 0.599. The lowest BCUT2D eigenvalue weighted by molar-refractivity contribution is 0.352. The van der Waals surface area contributed by atoms with Crippen molar-refractivity contribution in [2.75, 3.05) is 6.54 Å². The van der Waals surface area contributed by atoms with E-state index < -0.39 is 0 Å². The molecule has 86 valence electrons. The van der Waals surface area contributed by atoms with Crippen LogP contribution in [0.3, 0.4) is 0 Å². The fourth-order valence-corrected chi connectivity index (χ4v) is 4.29. The average Bonchev–Trinajstić information content (AvgIpc) is 2.73. The minimum Gasteiger partial charge on any atom is -0.339 e. The lowest BCUT2D eigenvalue weighted by atomic mass is 10.0. The molecule has 16 heavy (non-hydrogen) atoms. The topological polar surface area (TPSA) is 64.9 Å². The first-order chi connectivity index (χ1) is 7.88. The SMILES string of the molecule is NCCc1noc(C2C3C4CCC(C4)C23)n1. The van der Waals surface area contributed by atoms with Crippen LogP contribution in [0.15, 0.2) is 4.52 Å². The van der Waals surface area contributed by atoms with Gasteiger partial charge in [0, 0.05) is 12.3 Å². The van der Waals surface area contributed by atoms with E-state index in [1.165, 1.54) is 19.3 Å². The Bertz CT molecular complexity index is 400. The van der Waals surface area contributed by atoms with Crippen LogP contribution in [0.2, 0.25) is 0 Å². The van der Waals surface area contributed by atoms with E-state index in [0.717, 1.165) is 41.8 Å². The molecule has 0 spiro atoms. The first kappa shape index (κ1) is 9.16. The summed E-state index contributed by atoms with van der Waals surface area (Å²) in [5.41, 5.74) is 5.49. The average molecular weight is 219 g/mol. The van der Waals surface area contributed by atoms with E-state index >= 15 is 0 Å². The Morgan fingerprint density at radius 2 is 2.00 bits per heavy atom. The van der Waals surface area contributed by atoms with E-state index in [4.69, 9.17) is 10.3 Å². The molecule has 3 saturated carbocycles. The van der Waals surface area contributed by atoms with Gasteiger partial charge in [-0.2, -0.15) is 4.98 Å². The maximum absolute atomic E-state index is 5.49. The van der Waals surface area contributed by atoms with E-state index in [1.54, 1.807) is 0 Å². The zero-order valence-electron chi connectivity index (χ0n) is 9.30. The fraction of sp³-hybridized carbons (Fsp3) is 0.833. The van der Waals surface area contributed by atoms with Crippen LogP contribution in [0, 0.1) is 23.7 Å². The van der Waals surface area contributed by atoms with Crippen molar-refractivity contribution >= 4 is 0 Å². The third-order valence-electron chi connectivity index (χ3n) is 4.87. The number of hydrogen-bond acceptors (Lipinski definition) is 4. The van der Waals surface area contributed by atoms with Crippen molar-refractivity contribution in [3.8, 4) is 0 Å². The summed E-state index contributed by atoms with van der Waals surface area (Å²) >= 11 is 0. The van der Waals surface area contributed by atoms with Crippen molar-refractivity contribution < 1.29 is 4.52 Å². The first-order valence-corrected chi connectivity index (χ1v) is 6.41. The van der Waals surface area contributed by atoms with Gasteiger partial charge in [0.1, 0.15) is 0 Å². The molecule has 3 aliphatic rings. The summed E-state index contributed by atoms with van der Waals surface area (Å²) in [7, 11) is 0. The number of nitrogens with zero attached hydrogens (tertiary/aromatic N) is 2. The van der Waals surface area contributed by atoms with Crippen LogP contribution in [0.25, 0.3) is 0 Å². The monoisotopic (exact) mass is 219 g/mol. The largest absolute Gasteiger partial charge is 0.339 e. The lowest BCUT2D eigenvalue weighted by Crippen LogP contribution is -2.04. The number of rotatable bonds is 3. The second-order valence-corrected chi connectivity index (χ2v) is 5.60. The predicted molar refractivity (Wildman–Crippen MR) is 57.6 cm³/mol. The molecule has 4 nitrogen and oxygen atoms in total. The molecule has 3 fully saturated rings. The standard InChI is InChI=1S/C12H17N3O/c13-4-3-8-14-12(16-15-8)11-9-6-1-2-7(5-6)10(9)11/h6-7,9-11H,1-5,13H2. The van der Waals surface area contributed by atoms with Crippen molar-refractivity contribution in [2.24, 2.45) is 29.4 Å². The van der Waals surface area contributed by atoms with E-state index in [0.29, 0.717) is 12.5 Å². The third kappa shape index (κ3) is 1.08. The predicted octanol–water partition coefficient (Wildman–Crippen LogP) is 1.33. The van der Waals surface area contributed by atoms with Gasteiger partial charge in [0.15, 0.2) is 5.82 Å². The van der Waals surface area contributed by atoms with Gasteiger partial charge in [-0.15, -0.1) is 0 Å². The van der Waals surface area contributed by atoms with Crippen LogP contribution in [0.4, 0.5) is 0 Å². The van der Waals surface area contributed by atoms with E-state index in [1.807, 2.05) is 0 Å². The van der Waals surface area contributed by atoms with Gasteiger partial charge in [0.05, 0.1) is 0 Å². The Morgan fingerprint density at radius 3 is 2.69 bits per heavy atom. The molecule has 4 atom stereocenters. The summed E-state index contributed by atoms with van der Waals surface area (Å²) in [5.74, 6) is 5.97. The smallest absolute Gasteiger partial charge is 0.230 e. The Morgan fingerprint density at radius 1 is 1.25 bits per heavy atom. The zero-order chi connectivity index (χ0) is 10.7. The quantitative estimate of drug-likeness (QED) is 0.833. The molecule has 4 unspecified atom stereocenters. The summed E-state index contributed by atoms with van der Waals surface area (Å²) in [6.07, 6.45) is 5.08. The number of fused-ring (bicyclic) bond motifs is 5. The second kappa shape index (κ2) is 3.06. The maximum Gasteiger partial charge on any atom is 0.230 e. The van der Waals surface area contributed by atoms with E-state index in [9.17, 15) is 0 Å². The van der Waals surface area contributed by atoms with Crippen LogP contribution in [-0.2, 0) is 6.42 Å². The molecule has 1 aromatic heterocycles. The number of nitrogens with two attached hydrogens (primary N) is 1. The van der Waals surface area contributed by atoms with Crippen molar-refractivity contribution in [3.63, 3.8) is 0 Å². The fourth-order valence-electron chi connectivity index (χ4n) is 4.29. The summed E-state index contributed by atoms with van der Waals surface area (Å²) < 4.78 is 5.39. The summed E-state index contributed by atoms with van der Waals surface area (Å²) in [6, 6.07) is 0. The summed E-state index contributed by atoms with van der Waals surface area (Å²) in [4.78, 5) is 4.48. The molecule has 2 bridgehead atoms. The van der Waals surface area contributed by atoms with Crippen LogP contribution in [0.1, 0.15) is 36.9 Å². The molecule has 0 aliphatic heterocycles. The molecule has 3 aliphatic carbocycles. The van der Waals surface area contributed by atoms with Gasteiger partial charge in [-0.1, -0.05) is 5.16 Å². The Balaban J connectivity index is 1.55. The van der Waals surface area contributed by atoms with Crippen molar-refractivity contribution in [2.45, 2.75) is 31.6 Å². The molecule has 1 aromatic rings. The van der Waals surface area contributed by atoms with Crippen LogP contribution in [0.5, 0.6) is 0 Å². The Hall–Kier alpha value is -0.900. The van der Waals surface area contributed by atoms with Crippen molar-refractivity contribution in [1.29, 1.82) is 0 Å². The molecule has 0 radical (unpaired) electrons. The van der Waals surface area contributed by atoms with E-state index in [2.05, 4.69) is 10.1 Å². The van der Waals surface area contributed by atoms with Crippen LogP contribution in [-0.4, -0.2) is 16.7 Å². The minimum absolute atomic E-state index is 0.599.